The number of imide groups is 1. The average Bonchev–Trinajstić information content (AvgIpc) is 3.01. The van der Waals surface area contributed by atoms with Gasteiger partial charge in [-0.15, -0.1) is 0 Å². The molecule has 0 aromatic heterocycles. The summed E-state index contributed by atoms with van der Waals surface area (Å²) in [6.45, 7) is 4.37. The first-order valence-electron chi connectivity index (χ1n) is 8.97. The zero-order valence-electron chi connectivity index (χ0n) is 16.0. The van der Waals surface area contributed by atoms with Crippen LogP contribution in [0.2, 0.25) is 0 Å². The maximum absolute atomic E-state index is 12.6. The lowest BCUT2D eigenvalue weighted by molar-refractivity contribution is -0.123. The van der Waals surface area contributed by atoms with Crippen LogP contribution in [0.3, 0.4) is 0 Å². The fourth-order valence-corrected chi connectivity index (χ4v) is 3.51. The lowest BCUT2D eigenvalue weighted by atomic mass is 10.2. The third-order valence-electron chi connectivity index (χ3n) is 4.06. The molecule has 0 atom stereocenters. The van der Waals surface area contributed by atoms with Gasteiger partial charge in [0.15, 0.2) is 11.5 Å². The Morgan fingerprint density at radius 1 is 1.03 bits per heavy atom. The summed E-state index contributed by atoms with van der Waals surface area (Å²) in [5, 5.41) is -0.309. The van der Waals surface area contributed by atoms with Crippen molar-refractivity contribution in [2.45, 2.75) is 0 Å². The zero-order valence-corrected chi connectivity index (χ0v) is 16.8. The molecular weight excluding hydrogens is 390 g/mol. The third-order valence-corrected chi connectivity index (χ3v) is 4.97. The van der Waals surface area contributed by atoms with E-state index in [1.165, 1.54) is 4.90 Å². The molecule has 1 fully saturated rings. The monoisotopic (exact) mass is 411 g/mol. The van der Waals surface area contributed by atoms with Crippen LogP contribution >= 0.6 is 11.8 Å². The average molecular weight is 411 g/mol. The van der Waals surface area contributed by atoms with Crippen LogP contribution in [0.25, 0.3) is 6.08 Å². The highest BCUT2D eigenvalue weighted by Crippen LogP contribution is 2.32. The minimum absolute atomic E-state index is 0.161. The Morgan fingerprint density at radius 2 is 1.76 bits per heavy atom. The number of carbonyl (C=O) groups is 2. The number of carbonyl (C=O) groups excluding carboxylic acids is 2. The van der Waals surface area contributed by atoms with Gasteiger partial charge in [0, 0.05) is 0 Å². The van der Waals surface area contributed by atoms with Crippen LogP contribution < -0.4 is 14.2 Å². The van der Waals surface area contributed by atoms with Gasteiger partial charge in [-0.1, -0.05) is 36.9 Å². The Labute approximate surface area is 173 Å². The Bertz CT molecular complexity index is 923. The summed E-state index contributed by atoms with van der Waals surface area (Å²) in [5.74, 6) is 1.55. The number of methoxy groups -OCH3 is 1. The molecule has 0 bridgehead atoms. The molecule has 0 radical (unpaired) electrons. The molecule has 1 heterocycles. The molecule has 2 aromatic rings. The second kappa shape index (κ2) is 9.84. The lowest BCUT2D eigenvalue weighted by Crippen LogP contribution is -2.32. The van der Waals surface area contributed by atoms with E-state index in [2.05, 4.69) is 6.58 Å². The molecule has 0 spiro atoms. The van der Waals surface area contributed by atoms with Crippen molar-refractivity contribution in [2.24, 2.45) is 0 Å². The highest BCUT2D eigenvalue weighted by Gasteiger charge is 2.34. The van der Waals surface area contributed by atoms with Gasteiger partial charge >= 0.3 is 0 Å². The Balaban J connectivity index is 1.60. The summed E-state index contributed by atoms with van der Waals surface area (Å²) in [6, 6.07) is 14.5. The molecule has 3 rings (SSSR count). The standard InChI is InChI=1S/C22H21NO5S/c1-3-13-27-17-10-8-16(9-11-17)15-20-21(24)23(22(25)29-20)12-14-28-19-7-5-4-6-18(19)26-2/h3-11,15H,1,12-14H2,2H3/b20-15-. The molecule has 0 unspecified atom stereocenters. The van der Waals surface area contributed by atoms with Gasteiger partial charge in [0.05, 0.1) is 18.6 Å². The van der Waals surface area contributed by atoms with Gasteiger partial charge in [-0.05, 0) is 47.7 Å². The summed E-state index contributed by atoms with van der Waals surface area (Å²) in [4.78, 5) is 26.4. The minimum atomic E-state index is -0.324. The minimum Gasteiger partial charge on any atom is -0.493 e. The molecule has 2 amide bonds. The third kappa shape index (κ3) is 5.20. The van der Waals surface area contributed by atoms with Gasteiger partial charge in [0.25, 0.3) is 11.1 Å². The van der Waals surface area contributed by atoms with E-state index in [1.54, 1.807) is 43.5 Å². The van der Waals surface area contributed by atoms with Crippen LogP contribution in [0.15, 0.2) is 66.1 Å². The SMILES string of the molecule is C=CCOc1ccc(/C=C2\SC(=O)N(CCOc3ccccc3OC)C2=O)cc1. The maximum atomic E-state index is 12.6. The summed E-state index contributed by atoms with van der Waals surface area (Å²) in [5.41, 5.74) is 0.812. The second-order valence-corrected chi connectivity index (χ2v) is 6.99. The predicted molar refractivity (Wildman–Crippen MR) is 113 cm³/mol. The van der Waals surface area contributed by atoms with Crippen LogP contribution in [-0.4, -0.2) is 42.9 Å². The van der Waals surface area contributed by atoms with Crippen molar-refractivity contribution < 1.29 is 23.8 Å². The van der Waals surface area contributed by atoms with Gasteiger partial charge in [-0.3, -0.25) is 14.5 Å². The zero-order chi connectivity index (χ0) is 20.6. The highest BCUT2D eigenvalue weighted by atomic mass is 32.2. The summed E-state index contributed by atoms with van der Waals surface area (Å²) >= 11 is 0.922. The molecule has 1 aliphatic rings. The van der Waals surface area contributed by atoms with Crippen molar-refractivity contribution in [3.8, 4) is 17.2 Å². The molecular formula is C22H21NO5S. The number of nitrogens with zero attached hydrogens (tertiary/aromatic N) is 1. The van der Waals surface area contributed by atoms with E-state index in [1.807, 2.05) is 24.3 Å². The van der Waals surface area contributed by atoms with Gasteiger partial charge in [-0.25, -0.2) is 0 Å². The van der Waals surface area contributed by atoms with Crippen LogP contribution in [0.4, 0.5) is 4.79 Å². The van der Waals surface area contributed by atoms with Crippen LogP contribution in [0, 0.1) is 0 Å². The normalized spacial score (nSPS) is 14.9. The molecule has 0 N–H and O–H groups in total. The Morgan fingerprint density at radius 3 is 2.45 bits per heavy atom. The van der Waals surface area contributed by atoms with E-state index in [0.717, 1.165) is 17.3 Å². The number of benzene rings is 2. The maximum Gasteiger partial charge on any atom is 0.293 e. The topological polar surface area (TPSA) is 65.1 Å². The number of para-hydroxylation sites is 2. The number of rotatable bonds is 9. The number of hydrogen-bond donors (Lipinski definition) is 0. The van der Waals surface area contributed by atoms with Crippen molar-refractivity contribution in [2.75, 3.05) is 26.9 Å². The number of thioether (sulfide) groups is 1. The molecule has 7 heteroatoms. The van der Waals surface area contributed by atoms with Crippen molar-refractivity contribution in [1.29, 1.82) is 0 Å². The van der Waals surface area contributed by atoms with Crippen LogP contribution in [0.1, 0.15) is 5.56 Å². The van der Waals surface area contributed by atoms with Crippen molar-refractivity contribution in [1.82, 2.24) is 4.90 Å². The lowest BCUT2D eigenvalue weighted by Gasteiger charge is -2.14. The molecule has 2 aromatic carbocycles. The second-order valence-electron chi connectivity index (χ2n) is 6.00. The molecule has 0 aliphatic carbocycles. The quantitative estimate of drug-likeness (QED) is 0.451. The van der Waals surface area contributed by atoms with Gasteiger partial charge < -0.3 is 14.2 Å². The van der Waals surface area contributed by atoms with Gasteiger partial charge in [0.2, 0.25) is 0 Å². The molecule has 0 saturated carbocycles. The smallest absolute Gasteiger partial charge is 0.293 e. The van der Waals surface area contributed by atoms with E-state index in [9.17, 15) is 9.59 Å². The Kier molecular flexibility index (Phi) is 6.97. The van der Waals surface area contributed by atoms with E-state index >= 15 is 0 Å². The predicted octanol–water partition coefficient (Wildman–Crippen LogP) is 4.38. The largest absolute Gasteiger partial charge is 0.493 e. The highest BCUT2D eigenvalue weighted by molar-refractivity contribution is 8.18. The van der Waals surface area contributed by atoms with Gasteiger partial charge in [0.1, 0.15) is 19.0 Å². The first-order valence-corrected chi connectivity index (χ1v) is 9.79. The van der Waals surface area contributed by atoms with Crippen LogP contribution in [-0.2, 0) is 4.79 Å². The summed E-state index contributed by atoms with van der Waals surface area (Å²) in [7, 11) is 1.56. The summed E-state index contributed by atoms with van der Waals surface area (Å²) in [6.07, 6.45) is 3.37. The van der Waals surface area contributed by atoms with E-state index in [-0.39, 0.29) is 24.3 Å². The number of amides is 2. The van der Waals surface area contributed by atoms with Crippen molar-refractivity contribution in [3.05, 3.63) is 71.7 Å². The number of hydrogen-bond acceptors (Lipinski definition) is 6. The Hall–Kier alpha value is -3.19. The fourth-order valence-electron chi connectivity index (χ4n) is 2.64. The first kappa shape index (κ1) is 20.5. The summed E-state index contributed by atoms with van der Waals surface area (Å²) < 4.78 is 16.3. The molecule has 150 valence electrons. The first-order chi connectivity index (χ1) is 14.1. The van der Waals surface area contributed by atoms with Crippen LogP contribution in [0.5, 0.6) is 17.2 Å². The van der Waals surface area contributed by atoms with E-state index in [0.29, 0.717) is 28.8 Å². The molecule has 1 saturated heterocycles. The molecule has 1 aliphatic heterocycles. The van der Waals surface area contributed by atoms with Gasteiger partial charge in [-0.2, -0.15) is 0 Å². The van der Waals surface area contributed by atoms with Crippen molar-refractivity contribution in [3.63, 3.8) is 0 Å². The fraction of sp³-hybridized carbons (Fsp3) is 0.182. The van der Waals surface area contributed by atoms with E-state index in [4.69, 9.17) is 14.2 Å². The van der Waals surface area contributed by atoms with Crippen molar-refractivity contribution >= 4 is 29.0 Å². The molecule has 29 heavy (non-hydrogen) atoms. The van der Waals surface area contributed by atoms with E-state index < -0.39 is 0 Å². The molecule has 6 nitrogen and oxygen atoms in total. The number of ether oxygens (including phenoxy) is 3.